The van der Waals surface area contributed by atoms with Gasteiger partial charge in [0.05, 0.1) is 10.0 Å². The van der Waals surface area contributed by atoms with Gasteiger partial charge in [-0.25, -0.2) is 4.79 Å². The summed E-state index contributed by atoms with van der Waals surface area (Å²) in [6.07, 6.45) is 1.41. The minimum absolute atomic E-state index is 0.0156. The van der Waals surface area contributed by atoms with Gasteiger partial charge in [-0.15, -0.1) is 0 Å². The van der Waals surface area contributed by atoms with Gasteiger partial charge >= 0.3 is 5.97 Å². The maximum absolute atomic E-state index is 11.1. The standard InChI is InChI=1S/C7H6BrNO3/c1-9-3-2-4(7(11)12)5(8)6(9)10/h2-3H,1H3,(H,11,12). The van der Waals surface area contributed by atoms with Crippen molar-refractivity contribution in [3.8, 4) is 0 Å². The molecule has 1 N–H and O–H groups in total. The largest absolute Gasteiger partial charge is 0.478 e. The van der Waals surface area contributed by atoms with E-state index in [9.17, 15) is 9.59 Å². The molecule has 0 unspecified atom stereocenters. The third kappa shape index (κ3) is 1.40. The summed E-state index contributed by atoms with van der Waals surface area (Å²) in [4.78, 5) is 21.7. The highest BCUT2D eigenvalue weighted by Gasteiger charge is 2.11. The van der Waals surface area contributed by atoms with Crippen LogP contribution in [0.3, 0.4) is 0 Å². The highest BCUT2D eigenvalue weighted by molar-refractivity contribution is 9.10. The van der Waals surface area contributed by atoms with Crippen molar-refractivity contribution in [3.63, 3.8) is 0 Å². The molecule has 0 amide bonds. The zero-order valence-corrected chi connectivity index (χ0v) is 7.83. The third-order valence-corrected chi connectivity index (χ3v) is 2.21. The van der Waals surface area contributed by atoms with Crippen LogP contribution in [0, 0.1) is 0 Å². The van der Waals surface area contributed by atoms with Gasteiger partial charge in [-0.3, -0.25) is 4.79 Å². The molecular formula is C7H6BrNO3. The van der Waals surface area contributed by atoms with Crippen LogP contribution in [0.25, 0.3) is 0 Å². The van der Waals surface area contributed by atoms with E-state index in [4.69, 9.17) is 5.11 Å². The lowest BCUT2D eigenvalue weighted by atomic mass is 10.3. The molecule has 0 radical (unpaired) electrons. The van der Waals surface area contributed by atoms with Crippen LogP contribution in [0.2, 0.25) is 0 Å². The molecule has 0 aliphatic heterocycles. The molecule has 0 atom stereocenters. The first-order chi connectivity index (χ1) is 5.54. The van der Waals surface area contributed by atoms with E-state index >= 15 is 0 Å². The molecule has 1 aromatic rings. The summed E-state index contributed by atoms with van der Waals surface area (Å²) in [5.41, 5.74) is -0.368. The zero-order chi connectivity index (χ0) is 9.30. The minimum Gasteiger partial charge on any atom is -0.478 e. The maximum atomic E-state index is 11.1. The molecule has 0 aromatic carbocycles. The summed E-state index contributed by atoms with van der Waals surface area (Å²) in [5, 5.41) is 8.60. The van der Waals surface area contributed by atoms with Crippen molar-refractivity contribution in [3.05, 3.63) is 32.7 Å². The Morgan fingerprint density at radius 3 is 2.75 bits per heavy atom. The molecule has 5 heteroatoms. The summed E-state index contributed by atoms with van der Waals surface area (Å²) in [6.45, 7) is 0. The number of rotatable bonds is 1. The van der Waals surface area contributed by atoms with Crippen molar-refractivity contribution in [2.24, 2.45) is 7.05 Å². The summed E-state index contributed by atoms with van der Waals surface area (Å²) in [6, 6.07) is 1.37. The van der Waals surface area contributed by atoms with Crippen LogP contribution in [-0.4, -0.2) is 15.6 Å². The molecule has 0 aliphatic rings. The summed E-state index contributed by atoms with van der Waals surface area (Å²) in [7, 11) is 1.55. The third-order valence-electron chi connectivity index (χ3n) is 1.44. The van der Waals surface area contributed by atoms with Crippen LogP contribution in [-0.2, 0) is 7.05 Å². The molecule has 0 fully saturated rings. The van der Waals surface area contributed by atoms with Gasteiger partial charge in [0.15, 0.2) is 0 Å². The first kappa shape index (κ1) is 8.99. The number of pyridine rings is 1. The Balaban J connectivity index is 3.47. The van der Waals surface area contributed by atoms with Gasteiger partial charge in [0.2, 0.25) is 0 Å². The SMILES string of the molecule is Cn1ccc(C(=O)O)c(Br)c1=O. The number of hydrogen-bond donors (Lipinski definition) is 1. The van der Waals surface area contributed by atoms with E-state index in [1.54, 1.807) is 7.05 Å². The van der Waals surface area contributed by atoms with Gasteiger partial charge in [-0.1, -0.05) is 0 Å². The van der Waals surface area contributed by atoms with E-state index in [1.807, 2.05) is 0 Å². The number of nitrogens with zero attached hydrogens (tertiary/aromatic N) is 1. The van der Waals surface area contributed by atoms with E-state index in [0.29, 0.717) is 0 Å². The normalized spacial score (nSPS) is 9.83. The number of aromatic nitrogens is 1. The monoisotopic (exact) mass is 231 g/mol. The number of carbonyl (C=O) groups is 1. The fraction of sp³-hybridized carbons (Fsp3) is 0.143. The number of halogens is 1. The summed E-state index contributed by atoms with van der Waals surface area (Å²) >= 11 is 2.92. The molecule has 0 spiro atoms. The van der Waals surface area contributed by atoms with Crippen LogP contribution < -0.4 is 5.56 Å². The van der Waals surface area contributed by atoms with E-state index in [2.05, 4.69) is 15.9 Å². The van der Waals surface area contributed by atoms with Crippen LogP contribution >= 0.6 is 15.9 Å². The smallest absolute Gasteiger partial charge is 0.337 e. The van der Waals surface area contributed by atoms with Crippen molar-refractivity contribution in [1.29, 1.82) is 0 Å². The van der Waals surface area contributed by atoms with Crippen molar-refractivity contribution in [1.82, 2.24) is 4.57 Å². The van der Waals surface area contributed by atoms with Crippen molar-refractivity contribution < 1.29 is 9.90 Å². The Morgan fingerprint density at radius 2 is 2.25 bits per heavy atom. The second-order valence-electron chi connectivity index (χ2n) is 2.26. The first-order valence-electron chi connectivity index (χ1n) is 3.12. The molecule has 0 saturated heterocycles. The molecular weight excluding hydrogens is 226 g/mol. The molecule has 0 bridgehead atoms. The van der Waals surface area contributed by atoms with E-state index in [-0.39, 0.29) is 15.6 Å². The van der Waals surface area contributed by atoms with Crippen LogP contribution in [0.5, 0.6) is 0 Å². The van der Waals surface area contributed by atoms with Crippen molar-refractivity contribution in [2.45, 2.75) is 0 Å². The van der Waals surface area contributed by atoms with E-state index in [0.717, 1.165) is 0 Å². The lowest BCUT2D eigenvalue weighted by Gasteiger charge is -2.00. The molecule has 4 nitrogen and oxygen atoms in total. The molecule has 12 heavy (non-hydrogen) atoms. The fourth-order valence-corrected chi connectivity index (χ4v) is 1.34. The summed E-state index contributed by atoms with van der Waals surface area (Å²) in [5.74, 6) is -1.11. The molecule has 1 rings (SSSR count). The second kappa shape index (κ2) is 3.10. The number of aryl methyl sites for hydroxylation is 1. The Bertz CT molecular complexity index is 383. The van der Waals surface area contributed by atoms with Gasteiger partial charge < -0.3 is 9.67 Å². The number of carboxylic acids is 1. The summed E-state index contributed by atoms with van der Waals surface area (Å²) < 4.78 is 1.39. The first-order valence-corrected chi connectivity index (χ1v) is 3.91. The second-order valence-corrected chi connectivity index (χ2v) is 3.06. The Morgan fingerprint density at radius 1 is 1.67 bits per heavy atom. The van der Waals surface area contributed by atoms with Gasteiger partial charge in [0, 0.05) is 13.2 Å². The van der Waals surface area contributed by atoms with Crippen LogP contribution in [0.1, 0.15) is 10.4 Å². The Hall–Kier alpha value is -1.10. The van der Waals surface area contributed by atoms with Crippen LogP contribution in [0.15, 0.2) is 21.5 Å². The molecule has 64 valence electrons. The molecule has 1 heterocycles. The van der Waals surface area contributed by atoms with Gasteiger partial charge in [0.1, 0.15) is 0 Å². The highest BCUT2D eigenvalue weighted by Crippen LogP contribution is 2.10. The van der Waals surface area contributed by atoms with Gasteiger partial charge in [-0.2, -0.15) is 0 Å². The van der Waals surface area contributed by atoms with Crippen molar-refractivity contribution in [2.75, 3.05) is 0 Å². The van der Waals surface area contributed by atoms with Gasteiger partial charge in [-0.05, 0) is 22.0 Å². The Kier molecular flexibility index (Phi) is 2.32. The zero-order valence-electron chi connectivity index (χ0n) is 6.24. The topological polar surface area (TPSA) is 59.3 Å². The highest BCUT2D eigenvalue weighted by atomic mass is 79.9. The number of carboxylic acid groups (broad SMARTS) is 1. The lowest BCUT2D eigenvalue weighted by molar-refractivity contribution is 0.0695. The fourth-order valence-electron chi connectivity index (χ4n) is 0.762. The quantitative estimate of drug-likeness (QED) is 0.780. The number of aromatic carboxylic acids is 1. The molecule has 1 aromatic heterocycles. The Labute approximate surface area is 76.6 Å². The molecule has 0 saturated carbocycles. The van der Waals surface area contributed by atoms with Gasteiger partial charge in [0.25, 0.3) is 5.56 Å². The molecule has 0 aliphatic carbocycles. The lowest BCUT2D eigenvalue weighted by Crippen LogP contribution is -2.19. The predicted molar refractivity (Wildman–Crippen MR) is 46.3 cm³/mol. The minimum atomic E-state index is -1.11. The average molecular weight is 232 g/mol. The number of hydrogen-bond acceptors (Lipinski definition) is 2. The van der Waals surface area contributed by atoms with E-state index < -0.39 is 5.97 Å². The predicted octanol–water partition coefficient (Wildman–Crippen LogP) is 0.846. The average Bonchev–Trinajstić information content (AvgIpc) is 2.00. The van der Waals surface area contributed by atoms with Crippen molar-refractivity contribution >= 4 is 21.9 Å². The van der Waals surface area contributed by atoms with Crippen LogP contribution in [0.4, 0.5) is 0 Å². The van der Waals surface area contributed by atoms with E-state index in [1.165, 1.54) is 16.8 Å². The maximum Gasteiger partial charge on any atom is 0.337 e.